The SMILES string of the molecule is COCCN1CC(N)C(c2ccc(Cl)cc2)C1. The molecule has 94 valence electrons. The Morgan fingerprint density at radius 1 is 1.35 bits per heavy atom. The molecule has 2 N–H and O–H groups in total. The highest BCUT2D eigenvalue weighted by molar-refractivity contribution is 6.30. The van der Waals surface area contributed by atoms with E-state index in [1.807, 2.05) is 12.1 Å². The number of ether oxygens (including phenoxy) is 1. The number of halogens is 1. The third-order valence-electron chi connectivity index (χ3n) is 3.35. The van der Waals surface area contributed by atoms with Crippen LogP contribution < -0.4 is 5.73 Å². The zero-order chi connectivity index (χ0) is 12.3. The van der Waals surface area contributed by atoms with Crippen molar-refractivity contribution in [3.8, 4) is 0 Å². The lowest BCUT2D eigenvalue weighted by Crippen LogP contribution is -2.30. The molecule has 0 amide bonds. The van der Waals surface area contributed by atoms with Crippen molar-refractivity contribution >= 4 is 11.6 Å². The van der Waals surface area contributed by atoms with Crippen molar-refractivity contribution in [2.75, 3.05) is 33.4 Å². The Balaban J connectivity index is 2.00. The van der Waals surface area contributed by atoms with Crippen LogP contribution in [0.15, 0.2) is 24.3 Å². The third-order valence-corrected chi connectivity index (χ3v) is 3.60. The Kier molecular flexibility index (Phi) is 4.40. The molecule has 3 nitrogen and oxygen atoms in total. The number of benzene rings is 1. The van der Waals surface area contributed by atoms with Gasteiger partial charge in [0.05, 0.1) is 6.61 Å². The fourth-order valence-electron chi connectivity index (χ4n) is 2.38. The molecule has 1 saturated heterocycles. The second kappa shape index (κ2) is 5.83. The van der Waals surface area contributed by atoms with Gasteiger partial charge in [-0.3, -0.25) is 4.90 Å². The van der Waals surface area contributed by atoms with Crippen molar-refractivity contribution in [2.45, 2.75) is 12.0 Å². The number of likely N-dealkylation sites (tertiary alicyclic amines) is 1. The highest BCUT2D eigenvalue weighted by Crippen LogP contribution is 2.27. The predicted octanol–water partition coefficient (Wildman–Crippen LogP) is 1.71. The quantitative estimate of drug-likeness (QED) is 0.889. The van der Waals surface area contributed by atoms with Gasteiger partial charge >= 0.3 is 0 Å². The summed E-state index contributed by atoms with van der Waals surface area (Å²) in [5.74, 6) is 0.407. The largest absolute Gasteiger partial charge is 0.383 e. The number of rotatable bonds is 4. The van der Waals surface area contributed by atoms with Crippen LogP contribution in [0.1, 0.15) is 11.5 Å². The van der Waals surface area contributed by atoms with Crippen LogP contribution in [-0.4, -0.2) is 44.3 Å². The lowest BCUT2D eigenvalue weighted by atomic mass is 9.95. The van der Waals surface area contributed by atoms with Crippen LogP contribution >= 0.6 is 11.6 Å². The van der Waals surface area contributed by atoms with Gasteiger partial charge in [-0.2, -0.15) is 0 Å². The summed E-state index contributed by atoms with van der Waals surface area (Å²) in [6, 6.07) is 8.22. The van der Waals surface area contributed by atoms with Crippen molar-refractivity contribution in [3.05, 3.63) is 34.9 Å². The third kappa shape index (κ3) is 3.19. The lowest BCUT2D eigenvalue weighted by Gasteiger charge is -2.15. The summed E-state index contributed by atoms with van der Waals surface area (Å²) in [5.41, 5.74) is 7.48. The van der Waals surface area contributed by atoms with Crippen LogP contribution in [0.4, 0.5) is 0 Å². The molecule has 1 aromatic carbocycles. The molecule has 1 aromatic rings. The number of hydrogen-bond acceptors (Lipinski definition) is 3. The minimum absolute atomic E-state index is 0.202. The first-order valence-electron chi connectivity index (χ1n) is 5.93. The molecule has 0 spiro atoms. The second-order valence-electron chi connectivity index (χ2n) is 4.57. The van der Waals surface area contributed by atoms with E-state index in [-0.39, 0.29) is 6.04 Å². The number of nitrogens with zero attached hydrogens (tertiary/aromatic N) is 1. The topological polar surface area (TPSA) is 38.5 Å². The summed E-state index contributed by atoms with van der Waals surface area (Å²) in [6.07, 6.45) is 0. The zero-order valence-electron chi connectivity index (χ0n) is 10.1. The van der Waals surface area contributed by atoms with Gasteiger partial charge in [-0.1, -0.05) is 23.7 Å². The molecule has 2 unspecified atom stereocenters. The molecule has 0 radical (unpaired) electrons. The molecular formula is C13H19ClN2O. The fourth-order valence-corrected chi connectivity index (χ4v) is 2.51. The van der Waals surface area contributed by atoms with Crippen LogP contribution in [0.5, 0.6) is 0 Å². The molecule has 1 aliphatic heterocycles. The summed E-state index contributed by atoms with van der Waals surface area (Å²) in [4.78, 5) is 2.35. The summed E-state index contributed by atoms with van der Waals surface area (Å²) in [5, 5.41) is 0.775. The average molecular weight is 255 g/mol. The van der Waals surface area contributed by atoms with E-state index in [2.05, 4.69) is 17.0 Å². The minimum atomic E-state index is 0.202. The summed E-state index contributed by atoms with van der Waals surface area (Å²) >= 11 is 5.89. The van der Waals surface area contributed by atoms with Crippen LogP contribution in [0.3, 0.4) is 0 Å². The summed E-state index contributed by atoms with van der Waals surface area (Å²) in [6.45, 7) is 3.66. The molecule has 1 heterocycles. The van der Waals surface area contributed by atoms with E-state index in [1.54, 1.807) is 7.11 Å². The number of methoxy groups -OCH3 is 1. The molecule has 0 aromatic heterocycles. The van der Waals surface area contributed by atoms with Gasteiger partial charge in [0.2, 0.25) is 0 Å². The molecule has 17 heavy (non-hydrogen) atoms. The molecular weight excluding hydrogens is 236 g/mol. The van der Waals surface area contributed by atoms with Gasteiger partial charge in [-0.05, 0) is 17.7 Å². The molecule has 4 heteroatoms. The van der Waals surface area contributed by atoms with Crippen molar-refractivity contribution in [1.82, 2.24) is 4.90 Å². The Morgan fingerprint density at radius 2 is 2.06 bits per heavy atom. The van der Waals surface area contributed by atoms with E-state index in [1.165, 1.54) is 5.56 Å². The van der Waals surface area contributed by atoms with Crippen molar-refractivity contribution in [3.63, 3.8) is 0 Å². The molecule has 2 atom stereocenters. The number of nitrogens with two attached hydrogens (primary N) is 1. The smallest absolute Gasteiger partial charge is 0.0589 e. The maximum absolute atomic E-state index is 6.20. The summed E-state index contributed by atoms with van der Waals surface area (Å²) in [7, 11) is 1.73. The van der Waals surface area contributed by atoms with E-state index in [0.717, 1.165) is 31.3 Å². The van der Waals surface area contributed by atoms with Crippen molar-refractivity contribution < 1.29 is 4.74 Å². The van der Waals surface area contributed by atoms with Gasteiger partial charge in [0, 0.05) is 43.7 Å². The van der Waals surface area contributed by atoms with E-state index < -0.39 is 0 Å². The van der Waals surface area contributed by atoms with E-state index in [4.69, 9.17) is 22.1 Å². The second-order valence-corrected chi connectivity index (χ2v) is 5.01. The fraction of sp³-hybridized carbons (Fsp3) is 0.538. The molecule has 0 saturated carbocycles. The first-order valence-corrected chi connectivity index (χ1v) is 6.31. The maximum atomic E-state index is 6.20. The highest BCUT2D eigenvalue weighted by Gasteiger charge is 2.30. The lowest BCUT2D eigenvalue weighted by molar-refractivity contribution is 0.160. The first kappa shape index (κ1) is 12.8. The Labute approximate surface area is 107 Å². The van der Waals surface area contributed by atoms with Gasteiger partial charge in [0.1, 0.15) is 0 Å². The van der Waals surface area contributed by atoms with Crippen LogP contribution in [0.25, 0.3) is 0 Å². The van der Waals surface area contributed by atoms with Crippen molar-refractivity contribution in [1.29, 1.82) is 0 Å². The molecule has 2 rings (SSSR count). The standard InChI is InChI=1S/C13H19ClN2O/c1-17-7-6-16-8-12(13(15)9-16)10-2-4-11(14)5-3-10/h2-5,12-13H,6-9,15H2,1H3. The van der Waals surface area contributed by atoms with Crippen molar-refractivity contribution in [2.24, 2.45) is 5.73 Å². The Morgan fingerprint density at radius 3 is 2.71 bits per heavy atom. The minimum Gasteiger partial charge on any atom is -0.383 e. The van der Waals surface area contributed by atoms with Gasteiger partial charge in [-0.25, -0.2) is 0 Å². The van der Waals surface area contributed by atoms with E-state index in [0.29, 0.717) is 5.92 Å². The summed E-state index contributed by atoms with van der Waals surface area (Å²) < 4.78 is 5.10. The maximum Gasteiger partial charge on any atom is 0.0589 e. The Hall–Kier alpha value is -0.610. The van der Waals surface area contributed by atoms with E-state index >= 15 is 0 Å². The van der Waals surface area contributed by atoms with Crippen LogP contribution in [-0.2, 0) is 4.74 Å². The molecule has 1 fully saturated rings. The Bertz CT molecular complexity index is 355. The van der Waals surface area contributed by atoms with E-state index in [9.17, 15) is 0 Å². The molecule has 0 bridgehead atoms. The van der Waals surface area contributed by atoms with Gasteiger partial charge in [-0.15, -0.1) is 0 Å². The highest BCUT2D eigenvalue weighted by atomic mass is 35.5. The normalized spacial score (nSPS) is 25.4. The molecule has 1 aliphatic rings. The average Bonchev–Trinajstić information content (AvgIpc) is 2.69. The first-order chi connectivity index (χ1) is 8.20. The zero-order valence-corrected chi connectivity index (χ0v) is 10.9. The van der Waals surface area contributed by atoms with Gasteiger partial charge in [0.15, 0.2) is 0 Å². The van der Waals surface area contributed by atoms with Gasteiger partial charge < -0.3 is 10.5 Å². The predicted molar refractivity (Wildman–Crippen MR) is 70.5 cm³/mol. The van der Waals surface area contributed by atoms with Gasteiger partial charge in [0.25, 0.3) is 0 Å². The van der Waals surface area contributed by atoms with Crippen LogP contribution in [0, 0.1) is 0 Å². The van der Waals surface area contributed by atoms with Crippen LogP contribution in [0.2, 0.25) is 5.02 Å². The molecule has 0 aliphatic carbocycles. The monoisotopic (exact) mass is 254 g/mol. The number of hydrogen-bond donors (Lipinski definition) is 1.